The first kappa shape index (κ1) is 11.7. The highest BCUT2D eigenvalue weighted by Crippen LogP contribution is 2.27. The highest BCUT2D eigenvalue weighted by molar-refractivity contribution is 6.29. The Morgan fingerprint density at radius 2 is 2.00 bits per heavy atom. The van der Waals surface area contributed by atoms with Gasteiger partial charge >= 0.3 is 0 Å². The lowest BCUT2D eigenvalue weighted by atomic mass is 10.0. The Labute approximate surface area is 101 Å². The lowest BCUT2D eigenvalue weighted by Crippen LogP contribution is -1.94. The third kappa shape index (κ3) is 2.17. The van der Waals surface area contributed by atoms with Gasteiger partial charge in [0.05, 0.1) is 0 Å². The average molecular weight is 254 g/mol. The van der Waals surface area contributed by atoms with Gasteiger partial charge in [-0.2, -0.15) is 0 Å². The van der Waals surface area contributed by atoms with E-state index < -0.39 is 11.6 Å². The number of nitrogens with zero attached hydrogens (tertiary/aromatic N) is 1. The van der Waals surface area contributed by atoms with E-state index in [1.807, 2.05) is 0 Å². The van der Waals surface area contributed by atoms with Crippen molar-refractivity contribution in [2.75, 3.05) is 0 Å². The third-order valence-corrected chi connectivity index (χ3v) is 2.48. The molecule has 2 rings (SSSR count). The molecule has 5 heteroatoms. The zero-order valence-corrected chi connectivity index (χ0v) is 9.21. The van der Waals surface area contributed by atoms with E-state index in [1.165, 1.54) is 24.4 Å². The van der Waals surface area contributed by atoms with Crippen molar-refractivity contribution in [1.82, 2.24) is 4.98 Å². The van der Waals surface area contributed by atoms with Crippen LogP contribution in [0.1, 0.15) is 10.4 Å². The maximum atomic E-state index is 13.6. The fourth-order valence-corrected chi connectivity index (χ4v) is 1.64. The molecule has 0 spiro atoms. The smallest absolute Gasteiger partial charge is 0.166 e. The van der Waals surface area contributed by atoms with E-state index in [9.17, 15) is 13.6 Å². The normalized spacial score (nSPS) is 10.3. The number of aldehydes is 1. The first-order valence-electron chi connectivity index (χ1n) is 4.68. The van der Waals surface area contributed by atoms with Crippen LogP contribution in [-0.4, -0.2) is 11.3 Å². The van der Waals surface area contributed by atoms with Gasteiger partial charge in [0.15, 0.2) is 17.9 Å². The van der Waals surface area contributed by atoms with Crippen LogP contribution in [0.3, 0.4) is 0 Å². The van der Waals surface area contributed by atoms with E-state index >= 15 is 0 Å². The van der Waals surface area contributed by atoms with Gasteiger partial charge in [-0.3, -0.25) is 4.79 Å². The summed E-state index contributed by atoms with van der Waals surface area (Å²) in [6.07, 6.45) is 1.76. The maximum Gasteiger partial charge on any atom is 0.166 e. The molecule has 1 aromatic carbocycles. The molecule has 0 aliphatic heterocycles. The number of hydrogen-bond donors (Lipinski definition) is 0. The molecule has 0 aliphatic carbocycles. The summed E-state index contributed by atoms with van der Waals surface area (Å²) in [5.41, 5.74) is 0.354. The number of hydrogen-bond acceptors (Lipinski definition) is 2. The summed E-state index contributed by atoms with van der Waals surface area (Å²) in [7, 11) is 0. The molecule has 0 saturated heterocycles. The minimum Gasteiger partial charge on any atom is -0.298 e. The Hall–Kier alpha value is -1.81. The van der Waals surface area contributed by atoms with Crippen LogP contribution < -0.4 is 0 Å². The Kier molecular flexibility index (Phi) is 3.15. The summed E-state index contributed by atoms with van der Waals surface area (Å²) in [6, 6.07) is 5.03. The Morgan fingerprint density at radius 1 is 1.24 bits per heavy atom. The summed E-state index contributed by atoms with van der Waals surface area (Å²) >= 11 is 5.62. The topological polar surface area (TPSA) is 30.0 Å². The fraction of sp³-hybridized carbons (Fsp3) is 0. The summed E-state index contributed by atoms with van der Waals surface area (Å²) in [5.74, 6) is -1.99. The summed E-state index contributed by atoms with van der Waals surface area (Å²) in [4.78, 5) is 14.6. The lowest BCUT2D eigenvalue weighted by Gasteiger charge is -2.06. The van der Waals surface area contributed by atoms with E-state index in [0.717, 1.165) is 6.07 Å². The second-order valence-corrected chi connectivity index (χ2v) is 3.70. The van der Waals surface area contributed by atoms with E-state index in [-0.39, 0.29) is 21.8 Å². The Morgan fingerprint density at radius 3 is 2.71 bits per heavy atom. The van der Waals surface area contributed by atoms with Crippen molar-refractivity contribution < 1.29 is 13.6 Å². The van der Waals surface area contributed by atoms with Crippen LogP contribution in [0.15, 0.2) is 30.5 Å². The third-order valence-electron chi connectivity index (χ3n) is 2.27. The van der Waals surface area contributed by atoms with Crippen LogP contribution in [0, 0.1) is 11.6 Å². The van der Waals surface area contributed by atoms with Crippen molar-refractivity contribution in [2.45, 2.75) is 0 Å². The molecule has 1 aromatic heterocycles. The quantitative estimate of drug-likeness (QED) is 0.606. The molecule has 86 valence electrons. The molecule has 1 heterocycles. The molecule has 2 nitrogen and oxygen atoms in total. The zero-order chi connectivity index (χ0) is 12.4. The van der Waals surface area contributed by atoms with Crippen LogP contribution in [0.5, 0.6) is 0 Å². The van der Waals surface area contributed by atoms with Crippen molar-refractivity contribution in [3.05, 3.63) is 52.8 Å². The standard InChI is InChI=1S/C12H6ClF2NO/c13-11-4-7(6-17)9(5-16-11)8-2-1-3-10(14)12(8)15/h1-6H. The molecule has 0 atom stereocenters. The van der Waals surface area contributed by atoms with Gasteiger partial charge in [0.2, 0.25) is 0 Å². The number of aromatic nitrogens is 1. The van der Waals surface area contributed by atoms with Gasteiger partial charge < -0.3 is 0 Å². The monoisotopic (exact) mass is 253 g/mol. The molecule has 0 N–H and O–H groups in total. The zero-order valence-electron chi connectivity index (χ0n) is 8.45. The van der Waals surface area contributed by atoms with Gasteiger partial charge in [-0.25, -0.2) is 13.8 Å². The number of halogens is 3. The number of pyridine rings is 1. The first-order chi connectivity index (χ1) is 8.13. The number of carbonyl (C=O) groups is 1. The minimum atomic E-state index is -1.01. The molecular formula is C12H6ClF2NO. The minimum absolute atomic E-state index is 0.0173. The molecule has 0 unspecified atom stereocenters. The van der Waals surface area contributed by atoms with Crippen LogP contribution in [-0.2, 0) is 0 Å². The number of rotatable bonds is 2. The van der Waals surface area contributed by atoms with Gasteiger partial charge in [-0.1, -0.05) is 23.7 Å². The largest absolute Gasteiger partial charge is 0.298 e. The van der Waals surface area contributed by atoms with Crippen LogP contribution in [0.4, 0.5) is 8.78 Å². The van der Waals surface area contributed by atoms with E-state index in [2.05, 4.69) is 4.98 Å². The Bertz CT molecular complexity index is 587. The van der Waals surface area contributed by atoms with E-state index in [0.29, 0.717) is 6.29 Å². The van der Waals surface area contributed by atoms with Crippen LogP contribution in [0.2, 0.25) is 5.15 Å². The molecule has 0 fully saturated rings. The lowest BCUT2D eigenvalue weighted by molar-refractivity contribution is 0.112. The van der Waals surface area contributed by atoms with Crippen molar-refractivity contribution >= 4 is 17.9 Å². The number of benzene rings is 1. The molecule has 2 aromatic rings. The van der Waals surface area contributed by atoms with Gasteiger partial charge in [0, 0.05) is 22.9 Å². The van der Waals surface area contributed by atoms with Crippen molar-refractivity contribution in [2.24, 2.45) is 0 Å². The molecular weight excluding hydrogens is 248 g/mol. The molecule has 0 amide bonds. The van der Waals surface area contributed by atoms with E-state index in [4.69, 9.17) is 11.6 Å². The summed E-state index contributed by atoms with van der Waals surface area (Å²) in [5, 5.41) is 0.118. The molecule has 0 bridgehead atoms. The summed E-state index contributed by atoms with van der Waals surface area (Å²) in [6.45, 7) is 0. The second-order valence-electron chi connectivity index (χ2n) is 3.31. The fourth-order valence-electron chi connectivity index (χ4n) is 1.48. The average Bonchev–Trinajstić information content (AvgIpc) is 2.33. The van der Waals surface area contributed by atoms with Crippen LogP contribution in [0.25, 0.3) is 11.1 Å². The van der Waals surface area contributed by atoms with Crippen molar-refractivity contribution in [3.63, 3.8) is 0 Å². The van der Waals surface area contributed by atoms with Gasteiger partial charge in [-0.05, 0) is 12.1 Å². The predicted molar refractivity (Wildman–Crippen MR) is 60.0 cm³/mol. The van der Waals surface area contributed by atoms with E-state index in [1.54, 1.807) is 0 Å². The van der Waals surface area contributed by atoms with Crippen molar-refractivity contribution in [1.29, 1.82) is 0 Å². The van der Waals surface area contributed by atoms with Gasteiger partial charge in [0.1, 0.15) is 5.15 Å². The first-order valence-corrected chi connectivity index (χ1v) is 5.06. The maximum absolute atomic E-state index is 13.6. The SMILES string of the molecule is O=Cc1cc(Cl)ncc1-c1cccc(F)c1F. The molecule has 0 radical (unpaired) electrons. The number of carbonyl (C=O) groups excluding carboxylic acids is 1. The molecule has 0 aliphatic rings. The second kappa shape index (κ2) is 4.59. The summed E-state index contributed by atoms with van der Waals surface area (Å²) < 4.78 is 26.6. The molecule has 17 heavy (non-hydrogen) atoms. The van der Waals surface area contributed by atoms with Crippen molar-refractivity contribution in [3.8, 4) is 11.1 Å². The van der Waals surface area contributed by atoms with Gasteiger partial charge in [-0.15, -0.1) is 0 Å². The molecule has 0 saturated carbocycles. The highest BCUT2D eigenvalue weighted by Gasteiger charge is 2.13. The predicted octanol–water partition coefficient (Wildman–Crippen LogP) is 3.49. The highest BCUT2D eigenvalue weighted by atomic mass is 35.5. The van der Waals surface area contributed by atoms with Crippen LogP contribution >= 0.6 is 11.6 Å². The van der Waals surface area contributed by atoms with Gasteiger partial charge in [0.25, 0.3) is 0 Å². The Balaban J connectivity index is 2.68.